The van der Waals surface area contributed by atoms with Crippen LogP contribution in [0.25, 0.3) is 11.3 Å². The van der Waals surface area contributed by atoms with Crippen molar-refractivity contribution in [2.75, 3.05) is 42.8 Å². The van der Waals surface area contributed by atoms with Gasteiger partial charge in [0.05, 0.1) is 11.3 Å². The quantitative estimate of drug-likeness (QED) is 0.162. The first-order chi connectivity index (χ1) is 22.6. The normalized spacial score (nSPS) is 13.3. The minimum Gasteiger partial charge on any atom is -0.380 e. The third-order valence-electron chi connectivity index (χ3n) is 8.15. The van der Waals surface area contributed by atoms with Crippen molar-refractivity contribution in [3.8, 4) is 11.3 Å². The highest BCUT2D eigenvalue weighted by Crippen LogP contribution is 2.33. The maximum absolute atomic E-state index is 13.2. The molecule has 0 bridgehead atoms. The van der Waals surface area contributed by atoms with Crippen molar-refractivity contribution in [1.29, 1.82) is 0 Å². The van der Waals surface area contributed by atoms with E-state index in [0.717, 1.165) is 60.6 Å². The maximum Gasteiger partial charge on any atom is 0.416 e. The number of piperidine rings is 1. The van der Waals surface area contributed by atoms with Crippen molar-refractivity contribution >= 4 is 34.8 Å². The topological polar surface area (TPSA) is 77.6 Å². The summed E-state index contributed by atoms with van der Waals surface area (Å²) in [7, 11) is 1.72. The second-order valence-electron chi connectivity index (χ2n) is 11.6. The summed E-state index contributed by atoms with van der Waals surface area (Å²) in [5.41, 5.74) is 4.64. The van der Waals surface area contributed by atoms with Gasteiger partial charge in [-0.2, -0.15) is 13.2 Å². The number of hydrogen-bond donors (Lipinski definition) is 2. The SMILES string of the molecule is CN(CCCl)C(=O)c1cccc(CNc2ccc(N3CCCCC3)cc2-c2cc(C(=O)NCc3cccc(C(F)(F)F)c3)ccn2)c1. The van der Waals surface area contributed by atoms with Crippen LogP contribution in [-0.2, 0) is 19.3 Å². The van der Waals surface area contributed by atoms with Crippen LogP contribution >= 0.6 is 11.6 Å². The third-order valence-corrected chi connectivity index (χ3v) is 8.32. The predicted molar refractivity (Wildman–Crippen MR) is 180 cm³/mol. The number of amides is 2. The van der Waals surface area contributed by atoms with E-state index < -0.39 is 17.6 Å². The number of aromatic nitrogens is 1. The molecule has 0 aliphatic carbocycles. The monoisotopic (exact) mass is 663 g/mol. The van der Waals surface area contributed by atoms with E-state index >= 15 is 0 Å². The van der Waals surface area contributed by atoms with E-state index in [9.17, 15) is 22.8 Å². The number of carbonyl (C=O) groups excluding carboxylic acids is 2. The van der Waals surface area contributed by atoms with Gasteiger partial charge in [-0.05, 0) is 85.0 Å². The summed E-state index contributed by atoms with van der Waals surface area (Å²) in [6, 6.07) is 21.8. The highest BCUT2D eigenvalue weighted by atomic mass is 35.5. The van der Waals surface area contributed by atoms with E-state index in [1.54, 1.807) is 42.4 Å². The molecule has 0 spiro atoms. The van der Waals surface area contributed by atoms with Gasteiger partial charge in [0.15, 0.2) is 0 Å². The van der Waals surface area contributed by atoms with Crippen LogP contribution in [0.4, 0.5) is 24.5 Å². The van der Waals surface area contributed by atoms with Crippen molar-refractivity contribution in [1.82, 2.24) is 15.2 Å². The summed E-state index contributed by atoms with van der Waals surface area (Å²) < 4.78 is 39.5. The summed E-state index contributed by atoms with van der Waals surface area (Å²) in [4.78, 5) is 34.5. The van der Waals surface area contributed by atoms with Crippen LogP contribution in [0, 0.1) is 0 Å². The average Bonchev–Trinajstić information content (AvgIpc) is 3.09. The number of pyridine rings is 1. The molecule has 4 aromatic rings. The van der Waals surface area contributed by atoms with Crippen molar-refractivity contribution in [3.63, 3.8) is 0 Å². The van der Waals surface area contributed by atoms with E-state index in [1.165, 1.54) is 12.5 Å². The molecule has 2 N–H and O–H groups in total. The van der Waals surface area contributed by atoms with Crippen molar-refractivity contribution in [2.45, 2.75) is 38.5 Å². The molecule has 1 aliphatic rings. The molecule has 0 radical (unpaired) electrons. The second kappa shape index (κ2) is 15.3. The smallest absolute Gasteiger partial charge is 0.380 e. The fourth-order valence-electron chi connectivity index (χ4n) is 5.57. The summed E-state index contributed by atoms with van der Waals surface area (Å²) in [6.45, 7) is 2.74. The van der Waals surface area contributed by atoms with Gasteiger partial charge < -0.3 is 20.4 Å². The van der Waals surface area contributed by atoms with Crippen LogP contribution in [0.3, 0.4) is 0 Å². The Morgan fingerprint density at radius 2 is 1.64 bits per heavy atom. The Balaban J connectivity index is 1.38. The molecule has 1 saturated heterocycles. The van der Waals surface area contributed by atoms with E-state index in [4.69, 9.17) is 11.6 Å². The molecule has 3 aromatic carbocycles. The predicted octanol–water partition coefficient (Wildman–Crippen LogP) is 7.61. The number of hydrogen-bond acceptors (Lipinski definition) is 5. The third kappa shape index (κ3) is 8.83. The Labute approximate surface area is 277 Å². The zero-order valence-electron chi connectivity index (χ0n) is 26.1. The zero-order valence-corrected chi connectivity index (χ0v) is 26.9. The lowest BCUT2D eigenvalue weighted by Crippen LogP contribution is -2.29. The Kier molecular flexibility index (Phi) is 11.0. The Bertz CT molecular complexity index is 1710. The van der Waals surface area contributed by atoms with Gasteiger partial charge >= 0.3 is 6.18 Å². The maximum atomic E-state index is 13.2. The molecule has 0 atom stereocenters. The number of halogens is 4. The Morgan fingerprint density at radius 1 is 0.894 bits per heavy atom. The molecule has 0 saturated carbocycles. The van der Waals surface area contributed by atoms with Gasteiger partial charge in [0, 0.05) is 79.9 Å². The number of alkyl halides is 4. The molecule has 5 rings (SSSR count). The Hall–Kier alpha value is -4.57. The second-order valence-corrected chi connectivity index (χ2v) is 11.9. The highest BCUT2D eigenvalue weighted by Gasteiger charge is 2.30. The molecule has 246 valence electrons. The number of anilines is 2. The minimum atomic E-state index is -4.46. The first kappa shape index (κ1) is 33.8. The molecular formula is C36H37ClF3N5O2. The highest BCUT2D eigenvalue weighted by molar-refractivity contribution is 6.18. The van der Waals surface area contributed by atoms with Gasteiger partial charge in [-0.25, -0.2) is 0 Å². The lowest BCUT2D eigenvalue weighted by molar-refractivity contribution is -0.137. The molecule has 0 unspecified atom stereocenters. The van der Waals surface area contributed by atoms with Crippen LogP contribution in [0.1, 0.15) is 56.7 Å². The molecule has 2 amide bonds. The van der Waals surface area contributed by atoms with Gasteiger partial charge in [0.1, 0.15) is 0 Å². The number of nitrogens with one attached hydrogen (secondary N) is 2. The van der Waals surface area contributed by atoms with Crippen LogP contribution < -0.4 is 15.5 Å². The lowest BCUT2D eigenvalue weighted by atomic mass is 10.0. The van der Waals surface area contributed by atoms with Crippen molar-refractivity contribution in [3.05, 3.63) is 113 Å². The Morgan fingerprint density at radius 3 is 2.38 bits per heavy atom. The van der Waals surface area contributed by atoms with Gasteiger partial charge in [-0.3, -0.25) is 14.6 Å². The first-order valence-electron chi connectivity index (χ1n) is 15.6. The van der Waals surface area contributed by atoms with E-state index in [1.807, 2.05) is 24.3 Å². The minimum absolute atomic E-state index is 0.0547. The van der Waals surface area contributed by atoms with E-state index in [0.29, 0.717) is 41.4 Å². The largest absolute Gasteiger partial charge is 0.416 e. The average molecular weight is 664 g/mol. The number of benzene rings is 3. The summed E-state index contributed by atoms with van der Waals surface area (Å²) in [5, 5.41) is 6.23. The zero-order chi connectivity index (χ0) is 33.4. The van der Waals surface area contributed by atoms with Crippen molar-refractivity contribution in [2.24, 2.45) is 0 Å². The molecule has 1 aliphatic heterocycles. The molecule has 11 heteroatoms. The van der Waals surface area contributed by atoms with Crippen LogP contribution in [-0.4, -0.2) is 54.3 Å². The summed E-state index contributed by atoms with van der Waals surface area (Å²) >= 11 is 5.82. The van der Waals surface area contributed by atoms with Crippen LogP contribution in [0.5, 0.6) is 0 Å². The number of carbonyl (C=O) groups is 2. The van der Waals surface area contributed by atoms with Gasteiger partial charge in [0.25, 0.3) is 11.8 Å². The molecular weight excluding hydrogens is 627 g/mol. The van der Waals surface area contributed by atoms with Crippen LogP contribution in [0.15, 0.2) is 85.1 Å². The van der Waals surface area contributed by atoms with E-state index in [2.05, 4.69) is 32.7 Å². The lowest BCUT2D eigenvalue weighted by Gasteiger charge is -2.29. The summed E-state index contributed by atoms with van der Waals surface area (Å²) in [5.74, 6) is -0.174. The molecule has 1 aromatic heterocycles. The summed E-state index contributed by atoms with van der Waals surface area (Å²) in [6.07, 6.45) is 0.522. The van der Waals surface area contributed by atoms with E-state index in [-0.39, 0.29) is 12.5 Å². The van der Waals surface area contributed by atoms with Crippen molar-refractivity contribution < 1.29 is 22.8 Å². The number of rotatable bonds is 11. The van der Waals surface area contributed by atoms with Crippen LogP contribution in [0.2, 0.25) is 0 Å². The molecule has 2 heterocycles. The number of nitrogens with zero attached hydrogens (tertiary/aromatic N) is 3. The molecule has 1 fully saturated rings. The fourth-order valence-corrected chi connectivity index (χ4v) is 5.82. The molecule has 47 heavy (non-hydrogen) atoms. The van der Waals surface area contributed by atoms with Gasteiger partial charge in [-0.1, -0.05) is 24.3 Å². The molecule has 7 nitrogen and oxygen atoms in total. The van der Waals surface area contributed by atoms with Gasteiger partial charge in [-0.15, -0.1) is 11.6 Å². The van der Waals surface area contributed by atoms with Gasteiger partial charge in [0.2, 0.25) is 0 Å². The standard InChI is InChI=1S/C36H37ClF3N5O2/c1-44(18-14-37)35(47)28-9-5-7-25(19-28)23-42-32-12-11-30(45-16-3-2-4-17-45)22-31(32)33-21-27(13-15-41-33)34(46)43-24-26-8-6-10-29(20-26)36(38,39)40/h5-13,15,19-22,42H,2-4,14,16-18,23-24H2,1H3,(H,43,46). The first-order valence-corrected chi connectivity index (χ1v) is 16.1. The fraction of sp³-hybridized carbons (Fsp3) is 0.306.